The molecule has 4 aromatic rings. The zero-order valence-corrected chi connectivity index (χ0v) is 53.6. The van der Waals surface area contributed by atoms with Gasteiger partial charge in [0.1, 0.15) is 0 Å². The zero-order valence-electron chi connectivity index (χ0n) is 42.2. The Morgan fingerprint density at radius 2 is 0.415 bits per heavy atom. The van der Waals surface area contributed by atoms with Crippen LogP contribution in [0.4, 0.5) is 0 Å². The van der Waals surface area contributed by atoms with E-state index >= 15 is 0 Å². The molecule has 0 unspecified atom stereocenters. The number of rotatable bonds is 32. The summed E-state index contributed by atoms with van der Waals surface area (Å²) in [5, 5.41) is 0. The Bertz CT molecular complexity index is 1620. The van der Waals surface area contributed by atoms with Crippen molar-refractivity contribution in [3.8, 4) is 0 Å². The van der Waals surface area contributed by atoms with Crippen LogP contribution in [-0.2, 0) is 25.7 Å². The molecule has 4 aromatic carbocycles. The van der Waals surface area contributed by atoms with Crippen molar-refractivity contribution in [1.29, 1.82) is 0 Å². The molecule has 0 fully saturated rings. The molecule has 0 spiro atoms. The Hall–Kier alpha value is -0.116. The van der Waals surface area contributed by atoms with Gasteiger partial charge in [0.25, 0.3) is 0 Å². The second-order valence-corrected chi connectivity index (χ2v) is 53.5. The second-order valence-electron chi connectivity index (χ2n) is 23.5. The minimum Gasteiger partial charge on any atom is -0.0693 e. The largest absolute Gasteiger partial charge is 0.0693 e. The lowest BCUT2D eigenvalue weighted by molar-refractivity contribution is 0.837. The minimum absolute atomic E-state index is 1.19. The first kappa shape index (κ1) is 57.5. The van der Waals surface area contributed by atoms with E-state index in [1.165, 1.54) is 166 Å². The van der Waals surface area contributed by atoms with E-state index in [1.807, 2.05) is 0 Å². The summed E-state index contributed by atoms with van der Waals surface area (Å²) >= 11 is 14.5. The molecule has 0 atom stereocenters. The topological polar surface area (TPSA) is 0 Å². The fourth-order valence-corrected chi connectivity index (χ4v) is 28.5. The Balaban J connectivity index is 1.45. The van der Waals surface area contributed by atoms with Gasteiger partial charge in [0.2, 0.25) is 0 Å². The summed E-state index contributed by atoms with van der Waals surface area (Å²) in [6.07, 6.45) is 16.4. The molecule has 0 bridgehead atoms. The van der Waals surface area contributed by atoms with Crippen molar-refractivity contribution in [3.05, 3.63) is 137 Å². The van der Waals surface area contributed by atoms with Crippen molar-refractivity contribution in [2.75, 3.05) is 0 Å². The van der Waals surface area contributed by atoms with Crippen molar-refractivity contribution in [2.45, 2.75) is 202 Å². The molecule has 4 rings (SSSR count). The highest BCUT2D eigenvalue weighted by molar-refractivity contribution is 9.11. The predicted molar refractivity (Wildman–Crippen MR) is 322 cm³/mol. The van der Waals surface area contributed by atoms with E-state index in [0.717, 1.165) is 0 Å². The Morgan fingerprint density at radius 1 is 0.246 bits per heavy atom. The Labute approximate surface area is 439 Å². The van der Waals surface area contributed by atoms with Gasteiger partial charge in [-0.3, -0.25) is 0 Å². The van der Waals surface area contributed by atoms with Crippen molar-refractivity contribution in [2.24, 2.45) is 0 Å². The predicted octanol–water partition coefficient (Wildman–Crippen LogP) is 21.4. The van der Waals surface area contributed by atoms with Gasteiger partial charge in [-0.05, 0) is 96.5 Å². The molecular formula is C56H88Br4Si5. The first-order chi connectivity index (χ1) is 30.7. The van der Waals surface area contributed by atoms with E-state index in [9.17, 15) is 0 Å². The Kier molecular flexibility index (Phi) is 25.3. The molecule has 360 valence electrons. The van der Waals surface area contributed by atoms with Gasteiger partial charge in [-0.1, -0.05) is 289 Å². The van der Waals surface area contributed by atoms with Crippen LogP contribution in [0.2, 0.25) is 125 Å². The van der Waals surface area contributed by atoms with Crippen molar-refractivity contribution in [1.82, 2.24) is 0 Å². The maximum atomic E-state index is 3.64. The fraction of sp³-hybridized carbons (Fsp3) is 0.571. The van der Waals surface area contributed by atoms with Crippen molar-refractivity contribution < 1.29 is 0 Å². The summed E-state index contributed by atoms with van der Waals surface area (Å²) in [6.45, 7) is 21.8. The molecule has 0 aliphatic rings. The first-order valence-electron chi connectivity index (χ1n) is 25.7. The summed E-state index contributed by atoms with van der Waals surface area (Å²) in [7, 11) is -6.54. The third kappa shape index (κ3) is 24.5. The summed E-state index contributed by atoms with van der Waals surface area (Å²) < 4.78 is 4.76. The molecule has 9 heteroatoms. The highest BCUT2D eigenvalue weighted by Crippen LogP contribution is 2.39. The van der Waals surface area contributed by atoms with Gasteiger partial charge in [0, 0.05) is 50.2 Å². The standard InChI is InChI=1S/C56H88Br4Si5/c1-61(2,37-9-17-49-21-29-53(57)30-22-49)41-13-45-65(46-14-42-62(3,4)38-10-18-50-23-31-54(58)32-24-50,47-15-43-63(5,6)39-11-19-51-25-33-55(59)34-26-51)48-16-44-64(7,8)40-12-20-52-27-35-56(60)36-28-52/h21-36H,9-20,37-48H2,1-8H3. The average Bonchev–Trinajstić information content (AvgIpc) is 3.23. The fourth-order valence-electron chi connectivity index (χ4n) is 10.7. The van der Waals surface area contributed by atoms with Crippen LogP contribution in [-0.4, -0.2) is 40.4 Å². The highest BCUT2D eigenvalue weighted by atomic mass is 79.9. The molecule has 0 heterocycles. The molecule has 0 saturated heterocycles. The SMILES string of the molecule is C[Si](C)(CCCc1ccc(Br)cc1)CCC[Si](CCC[Si](C)(C)CCCc1ccc(Br)cc1)(CCC[Si](C)(C)CCCc1ccc(Br)cc1)CCC[Si](C)(C)CCCc1ccc(Br)cc1. The maximum Gasteiger partial charge on any atom is 0.0535 e. The quantitative estimate of drug-likeness (QED) is 0.0428. The van der Waals surface area contributed by atoms with E-state index in [-0.39, 0.29) is 0 Å². The monoisotopic (exact) mass is 1220 g/mol. The van der Waals surface area contributed by atoms with Crippen LogP contribution < -0.4 is 0 Å². The van der Waals surface area contributed by atoms with Crippen LogP contribution in [0.5, 0.6) is 0 Å². The summed E-state index contributed by atoms with van der Waals surface area (Å²) in [6, 6.07) is 54.8. The molecule has 0 amide bonds. The minimum atomic E-state index is -1.48. The number of hydrogen-bond acceptors (Lipinski definition) is 0. The van der Waals surface area contributed by atoms with Gasteiger partial charge in [-0.15, -0.1) is 0 Å². The lowest BCUT2D eigenvalue weighted by atomic mass is 10.1. The molecule has 0 N–H and O–H groups in total. The van der Waals surface area contributed by atoms with Gasteiger partial charge in [-0.2, -0.15) is 0 Å². The van der Waals surface area contributed by atoms with Crippen LogP contribution in [0.25, 0.3) is 0 Å². The normalized spacial score (nSPS) is 12.9. The Morgan fingerprint density at radius 3 is 0.600 bits per heavy atom. The van der Waals surface area contributed by atoms with Gasteiger partial charge < -0.3 is 0 Å². The summed E-state index contributed by atoms with van der Waals surface area (Å²) in [5.74, 6) is 0. The molecule has 65 heavy (non-hydrogen) atoms. The van der Waals surface area contributed by atoms with Crippen LogP contribution in [0.1, 0.15) is 73.6 Å². The summed E-state index contributed by atoms with van der Waals surface area (Å²) in [4.78, 5) is 0. The zero-order chi connectivity index (χ0) is 47.4. The lowest BCUT2D eigenvalue weighted by Crippen LogP contribution is -2.37. The van der Waals surface area contributed by atoms with Gasteiger partial charge in [0.05, 0.1) is 8.07 Å². The molecule has 0 nitrogen and oxygen atoms in total. The van der Waals surface area contributed by atoms with Gasteiger partial charge >= 0.3 is 0 Å². The molecule has 0 saturated carbocycles. The number of hydrogen-bond donors (Lipinski definition) is 0. The smallest absolute Gasteiger partial charge is 0.0535 e. The van der Waals surface area contributed by atoms with E-state index in [2.05, 4.69) is 213 Å². The number of halogens is 4. The molecule has 0 aliphatic heterocycles. The van der Waals surface area contributed by atoms with E-state index in [0.29, 0.717) is 0 Å². The number of aryl methyl sites for hydroxylation is 4. The van der Waals surface area contributed by atoms with E-state index in [1.54, 1.807) is 24.2 Å². The van der Waals surface area contributed by atoms with Crippen molar-refractivity contribution in [3.63, 3.8) is 0 Å². The third-order valence-corrected chi connectivity index (χ3v) is 36.6. The molecule has 0 aromatic heterocycles. The van der Waals surface area contributed by atoms with Crippen molar-refractivity contribution >= 4 is 104 Å². The molecular weight excluding hydrogens is 1130 g/mol. The van der Waals surface area contributed by atoms with E-state index in [4.69, 9.17) is 0 Å². The van der Waals surface area contributed by atoms with E-state index < -0.39 is 40.4 Å². The van der Waals surface area contributed by atoms with Gasteiger partial charge in [-0.25, -0.2) is 0 Å². The lowest BCUT2D eigenvalue weighted by Gasteiger charge is -2.36. The maximum absolute atomic E-state index is 3.64. The summed E-state index contributed by atoms with van der Waals surface area (Å²) in [5.41, 5.74) is 6.01. The van der Waals surface area contributed by atoms with Crippen LogP contribution >= 0.6 is 63.7 Å². The second kappa shape index (κ2) is 28.7. The first-order valence-corrected chi connectivity index (χ1v) is 45.4. The van der Waals surface area contributed by atoms with Crippen LogP contribution in [0, 0.1) is 0 Å². The molecule has 0 aliphatic carbocycles. The molecule has 0 radical (unpaired) electrons. The van der Waals surface area contributed by atoms with Crippen LogP contribution in [0.3, 0.4) is 0 Å². The third-order valence-electron chi connectivity index (χ3n) is 15.2. The highest BCUT2D eigenvalue weighted by Gasteiger charge is 2.35. The van der Waals surface area contributed by atoms with Gasteiger partial charge in [0.15, 0.2) is 0 Å². The average molecular weight is 1220 g/mol. The van der Waals surface area contributed by atoms with Crippen LogP contribution in [0.15, 0.2) is 115 Å². The number of benzene rings is 4.